The van der Waals surface area contributed by atoms with Crippen LogP contribution in [-0.4, -0.2) is 22.1 Å². The molecular formula is C14H16ClN3O. The molecule has 0 aliphatic rings. The Morgan fingerprint density at radius 3 is 2.79 bits per heavy atom. The predicted molar refractivity (Wildman–Crippen MR) is 76.3 cm³/mol. The number of benzene rings is 1. The summed E-state index contributed by atoms with van der Waals surface area (Å²) in [5.41, 5.74) is 2.65. The lowest BCUT2D eigenvalue weighted by Gasteiger charge is -2.18. The first-order chi connectivity index (χ1) is 9.10. The highest BCUT2D eigenvalue weighted by Gasteiger charge is 2.08. The average molecular weight is 278 g/mol. The van der Waals surface area contributed by atoms with Gasteiger partial charge in [0.05, 0.1) is 6.61 Å². The van der Waals surface area contributed by atoms with Crippen molar-refractivity contribution in [1.29, 1.82) is 0 Å². The summed E-state index contributed by atoms with van der Waals surface area (Å²) in [6, 6.07) is 7.71. The number of hydrogen-bond donors (Lipinski definition) is 1. The smallest absolute Gasteiger partial charge is 0.225 e. The number of aryl methyl sites for hydroxylation is 1. The van der Waals surface area contributed by atoms with Gasteiger partial charge in [-0.1, -0.05) is 23.7 Å². The molecule has 4 nitrogen and oxygen atoms in total. The Morgan fingerprint density at radius 1 is 1.37 bits per heavy atom. The molecule has 0 spiro atoms. The molecule has 1 N–H and O–H groups in total. The molecule has 0 amide bonds. The van der Waals surface area contributed by atoms with Crippen LogP contribution in [0.3, 0.4) is 0 Å². The normalized spacial score (nSPS) is 10.5. The molecule has 0 aliphatic heterocycles. The lowest BCUT2D eigenvalue weighted by Crippen LogP contribution is -2.19. The molecule has 0 saturated heterocycles. The van der Waals surface area contributed by atoms with E-state index in [1.54, 1.807) is 6.20 Å². The van der Waals surface area contributed by atoms with E-state index in [-0.39, 0.29) is 6.61 Å². The van der Waals surface area contributed by atoms with Crippen molar-refractivity contribution in [2.24, 2.45) is 0 Å². The van der Waals surface area contributed by atoms with E-state index in [1.807, 2.05) is 43.1 Å². The summed E-state index contributed by atoms with van der Waals surface area (Å²) in [4.78, 5) is 10.6. The van der Waals surface area contributed by atoms with E-state index in [4.69, 9.17) is 16.7 Å². The zero-order chi connectivity index (χ0) is 13.8. The Labute approximate surface area is 117 Å². The molecule has 0 saturated carbocycles. The van der Waals surface area contributed by atoms with Gasteiger partial charge in [0.1, 0.15) is 0 Å². The number of aliphatic hydroxyl groups excluding tert-OH is 1. The molecule has 19 heavy (non-hydrogen) atoms. The van der Waals surface area contributed by atoms with Crippen molar-refractivity contribution >= 4 is 17.5 Å². The highest BCUT2D eigenvalue weighted by atomic mass is 35.5. The monoisotopic (exact) mass is 277 g/mol. The molecule has 5 heteroatoms. The van der Waals surface area contributed by atoms with Gasteiger partial charge >= 0.3 is 0 Å². The maximum atomic E-state index is 9.11. The maximum absolute atomic E-state index is 9.11. The van der Waals surface area contributed by atoms with Crippen LogP contribution in [0.2, 0.25) is 5.02 Å². The quantitative estimate of drug-likeness (QED) is 0.933. The van der Waals surface area contributed by atoms with Crippen LogP contribution in [0, 0.1) is 6.92 Å². The highest BCUT2D eigenvalue weighted by Crippen LogP contribution is 2.15. The molecular weight excluding hydrogens is 262 g/mol. The molecule has 0 atom stereocenters. The van der Waals surface area contributed by atoms with Gasteiger partial charge in [-0.3, -0.25) is 0 Å². The first-order valence-electron chi connectivity index (χ1n) is 5.99. The summed E-state index contributed by atoms with van der Waals surface area (Å²) < 4.78 is 0. The molecule has 2 rings (SSSR count). The van der Waals surface area contributed by atoms with Crippen molar-refractivity contribution in [3.8, 4) is 0 Å². The lowest BCUT2D eigenvalue weighted by molar-refractivity contribution is 0.280. The van der Waals surface area contributed by atoms with Crippen LogP contribution in [0.4, 0.5) is 5.95 Å². The van der Waals surface area contributed by atoms with Crippen LogP contribution < -0.4 is 4.90 Å². The number of anilines is 1. The summed E-state index contributed by atoms with van der Waals surface area (Å²) in [7, 11) is 1.92. The minimum atomic E-state index is -0.0376. The third-order valence-corrected chi connectivity index (χ3v) is 3.12. The van der Waals surface area contributed by atoms with E-state index >= 15 is 0 Å². The molecule has 1 heterocycles. The molecule has 100 valence electrons. The van der Waals surface area contributed by atoms with Crippen LogP contribution in [-0.2, 0) is 13.2 Å². The minimum Gasteiger partial charge on any atom is -0.392 e. The minimum absolute atomic E-state index is 0.0376. The number of aliphatic hydroxyl groups is 1. The third kappa shape index (κ3) is 3.43. The van der Waals surface area contributed by atoms with E-state index in [1.165, 1.54) is 0 Å². The van der Waals surface area contributed by atoms with Gasteiger partial charge in [0.25, 0.3) is 0 Å². The fourth-order valence-electron chi connectivity index (χ4n) is 1.80. The number of halogens is 1. The first-order valence-corrected chi connectivity index (χ1v) is 6.37. The summed E-state index contributed by atoms with van der Waals surface area (Å²) >= 11 is 5.96. The Balaban J connectivity index is 2.15. The standard InChI is InChI=1S/C14H16ClN3O/c1-10-12(9-19)7-16-14(17-10)18(2)8-11-4-3-5-13(15)6-11/h3-7,19H,8-9H2,1-2H3. The number of nitrogens with zero attached hydrogens (tertiary/aromatic N) is 3. The summed E-state index contributed by atoms with van der Waals surface area (Å²) in [5, 5.41) is 9.83. The lowest BCUT2D eigenvalue weighted by atomic mass is 10.2. The van der Waals surface area contributed by atoms with Crippen molar-refractivity contribution in [2.75, 3.05) is 11.9 Å². The van der Waals surface area contributed by atoms with Crippen LogP contribution in [0.15, 0.2) is 30.5 Å². The molecule has 0 radical (unpaired) electrons. The van der Waals surface area contributed by atoms with Crippen molar-refractivity contribution in [1.82, 2.24) is 9.97 Å². The summed E-state index contributed by atoms with van der Waals surface area (Å²) in [5.74, 6) is 0.634. The highest BCUT2D eigenvalue weighted by molar-refractivity contribution is 6.30. The largest absolute Gasteiger partial charge is 0.392 e. The SMILES string of the molecule is Cc1nc(N(C)Cc2cccc(Cl)c2)ncc1CO. The molecule has 0 fully saturated rings. The second kappa shape index (κ2) is 5.99. The zero-order valence-corrected chi connectivity index (χ0v) is 11.7. The number of hydrogen-bond acceptors (Lipinski definition) is 4. The van der Waals surface area contributed by atoms with Crippen LogP contribution >= 0.6 is 11.6 Å². The Morgan fingerprint density at radius 2 is 2.16 bits per heavy atom. The van der Waals surface area contributed by atoms with Gasteiger partial charge < -0.3 is 10.0 Å². The Hall–Kier alpha value is -1.65. The topological polar surface area (TPSA) is 49.2 Å². The van der Waals surface area contributed by atoms with Gasteiger partial charge in [-0.05, 0) is 24.6 Å². The van der Waals surface area contributed by atoms with Crippen LogP contribution in [0.5, 0.6) is 0 Å². The Kier molecular flexibility index (Phi) is 4.35. The van der Waals surface area contributed by atoms with Crippen molar-refractivity contribution in [3.05, 3.63) is 52.3 Å². The van der Waals surface area contributed by atoms with E-state index in [2.05, 4.69) is 9.97 Å². The van der Waals surface area contributed by atoms with E-state index in [9.17, 15) is 0 Å². The average Bonchev–Trinajstić information content (AvgIpc) is 2.38. The summed E-state index contributed by atoms with van der Waals surface area (Å²) in [6.07, 6.45) is 1.66. The van der Waals surface area contributed by atoms with Crippen molar-refractivity contribution < 1.29 is 5.11 Å². The Bertz CT molecular complexity index is 574. The molecule has 0 unspecified atom stereocenters. The summed E-state index contributed by atoms with van der Waals surface area (Å²) in [6.45, 7) is 2.51. The molecule has 2 aromatic rings. The molecule has 1 aromatic carbocycles. The first kappa shape index (κ1) is 13.8. The fourth-order valence-corrected chi connectivity index (χ4v) is 2.01. The molecule has 1 aromatic heterocycles. The van der Waals surface area contributed by atoms with E-state index < -0.39 is 0 Å². The van der Waals surface area contributed by atoms with E-state index in [0.29, 0.717) is 12.5 Å². The maximum Gasteiger partial charge on any atom is 0.225 e. The molecule has 0 bridgehead atoms. The molecule has 0 aliphatic carbocycles. The van der Waals surface area contributed by atoms with Crippen molar-refractivity contribution in [2.45, 2.75) is 20.1 Å². The van der Waals surface area contributed by atoms with E-state index in [0.717, 1.165) is 21.8 Å². The third-order valence-electron chi connectivity index (χ3n) is 2.89. The van der Waals surface area contributed by atoms with Gasteiger partial charge in [-0.15, -0.1) is 0 Å². The predicted octanol–water partition coefficient (Wildman–Crippen LogP) is 2.57. The van der Waals surface area contributed by atoms with Gasteiger partial charge in [-0.25, -0.2) is 9.97 Å². The number of rotatable bonds is 4. The second-order valence-corrected chi connectivity index (χ2v) is 4.86. The van der Waals surface area contributed by atoms with Gasteiger partial charge in [0, 0.05) is 36.1 Å². The van der Waals surface area contributed by atoms with Gasteiger partial charge in [0.15, 0.2) is 0 Å². The zero-order valence-electron chi connectivity index (χ0n) is 11.0. The number of aromatic nitrogens is 2. The van der Waals surface area contributed by atoms with Crippen LogP contribution in [0.1, 0.15) is 16.8 Å². The van der Waals surface area contributed by atoms with Gasteiger partial charge in [-0.2, -0.15) is 0 Å². The fraction of sp³-hybridized carbons (Fsp3) is 0.286. The van der Waals surface area contributed by atoms with Crippen molar-refractivity contribution in [3.63, 3.8) is 0 Å². The second-order valence-electron chi connectivity index (χ2n) is 4.42. The van der Waals surface area contributed by atoms with Crippen LogP contribution in [0.25, 0.3) is 0 Å². The van der Waals surface area contributed by atoms with Gasteiger partial charge in [0.2, 0.25) is 5.95 Å².